The van der Waals surface area contributed by atoms with Crippen LogP contribution < -0.4 is 5.32 Å². The fourth-order valence-electron chi connectivity index (χ4n) is 4.07. The summed E-state index contributed by atoms with van der Waals surface area (Å²) in [5.41, 5.74) is 0. The van der Waals surface area contributed by atoms with Crippen LogP contribution in [0.1, 0.15) is 33.1 Å². The van der Waals surface area contributed by atoms with Crippen LogP contribution in [0.2, 0.25) is 0 Å². The molecule has 0 unspecified atom stereocenters. The number of fused-ring (bicyclic) bond motifs is 1. The average molecular weight is 406 g/mol. The van der Waals surface area contributed by atoms with Crippen LogP contribution in [0.4, 0.5) is 0 Å². The van der Waals surface area contributed by atoms with Gasteiger partial charge < -0.3 is 10.2 Å². The van der Waals surface area contributed by atoms with Crippen LogP contribution in [0.5, 0.6) is 0 Å². The van der Waals surface area contributed by atoms with Crippen molar-refractivity contribution in [2.45, 2.75) is 51.2 Å². The normalized spacial score (nSPS) is 28.8. The summed E-state index contributed by atoms with van der Waals surface area (Å²) in [5.74, 6) is -1.01. The Labute approximate surface area is 161 Å². The Kier molecular flexibility index (Phi) is 6.40. The lowest BCUT2D eigenvalue weighted by Crippen LogP contribution is -2.43. The van der Waals surface area contributed by atoms with E-state index in [2.05, 4.69) is 5.32 Å². The number of halogens is 1. The standard InChI is InChI=1S/C17H27N3O4S.ClH/c1-11(2)15-16-13(20(17(15)22)25(3,23)24)8-10-19(16)14(21)5-4-9-18-12-6-7-12;/h4-5,11-13,15-16,18H,6-10H2,1-3H3;1H/b5-4+;/t13-,15+,16-;/m0./s1. The van der Waals surface area contributed by atoms with Gasteiger partial charge in [0.1, 0.15) is 0 Å². The van der Waals surface area contributed by atoms with E-state index in [1.807, 2.05) is 19.9 Å². The zero-order chi connectivity index (χ0) is 18.4. The number of hydrogen-bond acceptors (Lipinski definition) is 5. The molecule has 0 aromatic heterocycles. The maximum Gasteiger partial charge on any atom is 0.246 e. The van der Waals surface area contributed by atoms with E-state index in [0.717, 1.165) is 10.6 Å². The van der Waals surface area contributed by atoms with Crippen LogP contribution >= 0.6 is 12.4 Å². The van der Waals surface area contributed by atoms with E-state index in [4.69, 9.17) is 0 Å². The molecule has 7 nitrogen and oxygen atoms in total. The van der Waals surface area contributed by atoms with E-state index in [1.54, 1.807) is 11.0 Å². The Balaban J connectivity index is 0.00000243. The predicted molar refractivity (Wildman–Crippen MR) is 101 cm³/mol. The quantitative estimate of drug-likeness (QED) is 0.659. The first-order chi connectivity index (χ1) is 11.7. The van der Waals surface area contributed by atoms with Crippen LogP contribution in [0, 0.1) is 11.8 Å². The smallest absolute Gasteiger partial charge is 0.246 e. The monoisotopic (exact) mass is 405 g/mol. The zero-order valence-corrected chi connectivity index (χ0v) is 17.1. The molecule has 1 saturated carbocycles. The van der Waals surface area contributed by atoms with Gasteiger partial charge in [-0.2, -0.15) is 0 Å². The molecule has 1 N–H and O–H groups in total. The van der Waals surface area contributed by atoms with E-state index in [9.17, 15) is 18.0 Å². The second-order valence-corrected chi connectivity index (χ2v) is 9.49. The number of rotatable bonds is 6. The second-order valence-electron chi connectivity index (χ2n) is 7.63. The molecule has 2 amide bonds. The number of nitrogens with zero attached hydrogens (tertiary/aromatic N) is 2. The highest BCUT2D eigenvalue weighted by Crippen LogP contribution is 2.41. The molecule has 26 heavy (non-hydrogen) atoms. The molecule has 2 heterocycles. The Morgan fingerprint density at radius 3 is 2.50 bits per heavy atom. The molecular formula is C17H28ClN3O4S. The van der Waals surface area contributed by atoms with E-state index in [0.29, 0.717) is 25.6 Å². The first-order valence-corrected chi connectivity index (χ1v) is 10.8. The third-order valence-corrected chi connectivity index (χ3v) is 6.48. The maximum absolute atomic E-state index is 12.7. The van der Waals surface area contributed by atoms with Gasteiger partial charge >= 0.3 is 0 Å². The van der Waals surface area contributed by atoms with Gasteiger partial charge in [0.05, 0.1) is 24.3 Å². The van der Waals surface area contributed by atoms with Gasteiger partial charge in [0.2, 0.25) is 21.8 Å². The molecule has 0 aromatic carbocycles. The number of amides is 2. The number of carbonyl (C=O) groups excluding carboxylic acids is 2. The molecule has 0 bridgehead atoms. The maximum atomic E-state index is 12.7. The molecule has 2 saturated heterocycles. The summed E-state index contributed by atoms with van der Waals surface area (Å²) in [6, 6.07) is -0.218. The van der Waals surface area contributed by atoms with Crippen molar-refractivity contribution in [1.29, 1.82) is 0 Å². The fourth-order valence-corrected chi connectivity index (χ4v) is 5.24. The topological polar surface area (TPSA) is 86.8 Å². The van der Waals surface area contributed by atoms with E-state index >= 15 is 0 Å². The summed E-state index contributed by atoms with van der Waals surface area (Å²) in [6.45, 7) is 4.95. The molecule has 3 fully saturated rings. The highest BCUT2D eigenvalue weighted by Gasteiger charge is 2.58. The molecule has 1 aliphatic carbocycles. The minimum atomic E-state index is -3.63. The molecule has 148 valence electrons. The minimum Gasteiger partial charge on any atom is -0.333 e. The average Bonchev–Trinajstić information content (AvgIpc) is 3.15. The van der Waals surface area contributed by atoms with Gasteiger partial charge in [0, 0.05) is 25.2 Å². The van der Waals surface area contributed by atoms with Gasteiger partial charge in [-0.3, -0.25) is 9.59 Å². The van der Waals surface area contributed by atoms with Crippen LogP contribution in [-0.4, -0.2) is 66.9 Å². The third-order valence-electron chi connectivity index (χ3n) is 5.31. The molecule has 2 aliphatic heterocycles. The first-order valence-electron chi connectivity index (χ1n) is 8.95. The van der Waals surface area contributed by atoms with Gasteiger partial charge in [0.15, 0.2) is 0 Å². The fraction of sp³-hybridized carbons (Fsp3) is 0.765. The van der Waals surface area contributed by atoms with Gasteiger partial charge in [0.25, 0.3) is 0 Å². The second kappa shape index (κ2) is 7.86. The van der Waals surface area contributed by atoms with Crippen molar-refractivity contribution >= 4 is 34.2 Å². The number of sulfonamides is 1. The largest absolute Gasteiger partial charge is 0.333 e. The van der Waals surface area contributed by atoms with Crippen LogP contribution in [-0.2, 0) is 19.6 Å². The third kappa shape index (κ3) is 4.07. The summed E-state index contributed by atoms with van der Waals surface area (Å²) in [4.78, 5) is 27.0. The molecule has 9 heteroatoms. The van der Waals surface area contributed by atoms with Crippen molar-refractivity contribution in [2.24, 2.45) is 11.8 Å². The van der Waals surface area contributed by atoms with E-state index < -0.39 is 22.0 Å². The molecular weight excluding hydrogens is 378 g/mol. The lowest BCUT2D eigenvalue weighted by Gasteiger charge is -2.28. The predicted octanol–water partition coefficient (Wildman–Crippen LogP) is 0.760. The number of likely N-dealkylation sites (tertiary alicyclic amines) is 1. The summed E-state index contributed by atoms with van der Waals surface area (Å²) in [5, 5.41) is 3.31. The summed E-state index contributed by atoms with van der Waals surface area (Å²) >= 11 is 0. The van der Waals surface area contributed by atoms with Crippen LogP contribution in [0.25, 0.3) is 0 Å². The highest BCUT2D eigenvalue weighted by atomic mass is 35.5. The SMILES string of the molecule is CC(C)[C@H]1C(=O)N(S(C)(=O)=O)[C@H]2CCN(C(=O)/C=C/CNC3CC3)[C@H]12.Cl. The Hall–Kier alpha value is -1.12. The van der Waals surface area contributed by atoms with Crippen molar-refractivity contribution in [3.05, 3.63) is 12.2 Å². The van der Waals surface area contributed by atoms with Crippen molar-refractivity contribution in [3.8, 4) is 0 Å². The number of nitrogens with one attached hydrogen (secondary N) is 1. The van der Waals surface area contributed by atoms with Crippen LogP contribution in [0.15, 0.2) is 12.2 Å². The zero-order valence-electron chi connectivity index (χ0n) is 15.4. The Morgan fingerprint density at radius 2 is 1.96 bits per heavy atom. The van der Waals surface area contributed by atoms with Crippen LogP contribution in [0.3, 0.4) is 0 Å². The first kappa shape index (κ1) is 21.2. The molecule has 3 aliphatic rings. The lowest BCUT2D eigenvalue weighted by molar-refractivity contribution is -0.131. The Bertz CT molecular complexity index is 690. The van der Waals surface area contributed by atoms with E-state index in [-0.39, 0.29) is 36.2 Å². The lowest BCUT2D eigenvalue weighted by atomic mass is 9.88. The summed E-state index contributed by atoms with van der Waals surface area (Å²) in [7, 11) is -3.63. The van der Waals surface area contributed by atoms with Crippen molar-refractivity contribution < 1.29 is 18.0 Å². The highest BCUT2D eigenvalue weighted by molar-refractivity contribution is 7.88. The van der Waals surface area contributed by atoms with Gasteiger partial charge in [-0.05, 0) is 25.2 Å². The molecule has 3 atom stereocenters. The van der Waals surface area contributed by atoms with Gasteiger partial charge in [-0.25, -0.2) is 12.7 Å². The number of carbonyl (C=O) groups is 2. The summed E-state index contributed by atoms with van der Waals surface area (Å²) in [6.07, 6.45) is 7.31. The van der Waals surface area contributed by atoms with Gasteiger partial charge in [-0.15, -0.1) is 12.4 Å². The summed E-state index contributed by atoms with van der Waals surface area (Å²) < 4.78 is 25.2. The Morgan fingerprint density at radius 1 is 1.31 bits per heavy atom. The minimum absolute atomic E-state index is 0. The number of hydrogen-bond donors (Lipinski definition) is 1. The molecule has 0 radical (unpaired) electrons. The molecule has 0 spiro atoms. The molecule has 0 aromatic rings. The molecule has 3 rings (SSSR count). The van der Waals surface area contributed by atoms with Crippen molar-refractivity contribution in [3.63, 3.8) is 0 Å². The van der Waals surface area contributed by atoms with E-state index in [1.165, 1.54) is 12.8 Å². The van der Waals surface area contributed by atoms with Crippen molar-refractivity contribution in [1.82, 2.24) is 14.5 Å². The van der Waals surface area contributed by atoms with Gasteiger partial charge in [-0.1, -0.05) is 19.9 Å². The van der Waals surface area contributed by atoms with Crippen molar-refractivity contribution in [2.75, 3.05) is 19.3 Å².